The van der Waals surface area contributed by atoms with Crippen molar-refractivity contribution in [3.63, 3.8) is 0 Å². The van der Waals surface area contributed by atoms with Crippen LogP contribution in [-0.4, -0.2) is 26.6 Å². The van der Waals surface area contributed by atoms with Gasteiger partial charge in [-0.1, -0.05) is 6.92 Å². The highest BCUT2D eigenvalue weighted by Crippen LogP contribution is 2.01. The van der Waals surface area contributed by atoms with Gasteiger partial charge in [0.25, 0.3) is 0 Å². The van der Waals surface area contributed by atoms with Gasteiger partial charge in [-0.25, -0.2) is 0 Å². The fourth-order valence-electron chi connectivity index (χ4n) is 0.814. The maximum Gasteiger partial charge on any atom is 0.173 e. The van der Waals surface area contributed by atoms with Gasteiger partial charge in [-0.2, -0.15) is 0 Å². The number of nitrogens with one attached hydrogen (secondary N) is 1. The number of hydrogen-bond donors (Lipinski definition) is 2. The van der Waals surface area contributed by atoms with E-state index in [2.05, 4.69) is 5.43 Å². The van der Waals surface area contributed by atoms with Gasteiger partial charge in [0.1, 0.15) is 0 Å². The highest BCUT2D eigenvalue weighted by atomic mass is 16.7. The van der Waals surface area contributed by atoms with Crippen molar-refractivity contribution in [2.45, 2.75) is 25.7 Å². The van der Waals surface area contributed by atoms with Crippen molar-refractivity contribution in [3.8, 4) is 0 Å². The summed E-state index contributed by atoms with van der Waals surface area (Å²) in [7, 11) is 3.18. The number of rotatable bonds is 5. The first kappa shape index (κ1) is 9.84. The fraction of sp³-hybridized carbons (Fsp3) is 1.00. The largest absolute Gasteiger partial charge is 0.354 e. The molecular weight excluding hydrogens is 132 g/mol. The molecule has 0 fully saturated rings. The first-order valence-electron chi connectivity index (χ1n) is 3.31. The Hall–Kier alpha value is -0.160. The van der Waals surface area contributed by atoms with E-state index in [4.69, 9.17) is 15.3 Å². The Labute approximate surface area is 61.7 Å². The quantitative estimate of drug-likeness (QED) is 0.323. The molecule has 0 saturated heterocycles. The molecule has 0 rings (SSSR count). The molecule has 4 heteroatoms. The molecule has 1 atom stereocenters. The van der Waals surface area contributed by atoms with Gasteiger partial charge in [0, 0.05) is 14.2 Å². The molecular formula is C6H16N2O2. The van der Waals surface area contributed by atoms with Gasteiger partial charge >= 0.3 is 0 Å². The zero-order valence-electron chi connectivity index (χ0n) is 6.76. The van der Waals surface area contributed by atoms with E-state index in [-0.39, 0.29) is 12.3 Å². The smallest absolute Gasteiger partial charge is 0.173 e. The Bertz CT molecular complexity index is 62.1. The molecule has 0 radical (unpaired) electrons. The molecule has 10 heavy (non-hydrogen) atoms. The van der Waals surface area contributed by atoms with E-state index in [1.807, 2.05) is 6.92 Å². The minimum absolute atomic E-state index is 0.0648. The third kappa shape index (κ3) is 2.62. The summed E-state index contributed by atoms with van der Waals surface area (Å²) in [6.07, 6.45) is 0.623. The minimum atomic E-state index is -0.255. The number of ether oxygens (including phenoxy) is 2. The summed E-state index contributed by atoms with van der Waals surface area (Å²) in [5, 5.41) is 0. The Morgan fingerprint density at radius 1 is 1.40 bits per heavy atom. The molecule has 0 aliphatic heterocycles. The topological polar surface area (TPSA) is 56.5 Å². The van der Waals surface area contributed by atoms with Crippen molar-refractivity contribution in [1.82, 2.24) is 5.43 Å². The van der Waals surface area contributed by atoms with Gasteiger partial charge < -0.3 is 9.47 Å². The van der Waals surface area contributed by atoms with Crippen molar-refractivity contribution in [2.75, 3.05) is 14.2 Å². The van der Waals surface area contributed by atoms with Crippen molar-refractivity contribution >= 4 is 0 Å². The molecule has 0 aromatic carbocycles. The van der Waals surface area contributed by atoms with Crippen LogP contribution in [0, 0.1) is 0 Å². The van der Waals surface area contributed by atoms with Crippen LogP contribution < -0.4 is 11.3 Å². The van der Waals surface area contributed by atoms with E-state index in [9.17, 15) is 0 Å². The summed E-state index contributed by atoms with van der Waals surface area (Å²) in [6, 6.07) is 0.0648. The number of methoxy groups -OCH3 is 2. The van der Waals surface area contributed by atoms with Gasteiger partial charge in [-0.3, -0.25) is 11.3 Å². The lowest BCUT2D eigenvalue weighted by atomic mass is 10.2. The molecule has 0 amide bonds. The highest BCUT2D eigenvalue weighted by Gasteiger charge is 2.16. The van der Waals surface area contributed by atoms with E-state index in [1.165, 1.54) is 0 Å². The monoisotopic (exact) mass is 148 g/mol. The molecule has 0 aliphatic rings. The number of hydrazine groups is 1. The van der Waals surface area contributed by atoms with Crippen molar-refractivity contribution < 1.29 is 9.47 Å². The van der Waals surface area contributed by atoms with Crippen molar-refractivity contribution in [3.05, 3.63) is 0 Å². The first-order valence-corrected chi connectivity index (χ1v) is 3.31. The van der Waals surface area contributed by atoms with Crippen LogP contribution in [0.15, 0.2) is 0 Å². The SMILES string of the molecule is CCC(NN)C(OC)OC. The number of nitrogens with two attached hydrogens (primary N) is 1. The van der Waals surface area contributed by atoms with Crippen LogP contribution in [0.5, 0.6) is 0 Å². The highest BCUT2D eigenvalue weighted by molar-refractivity contribution is 4.64. The van der Waals surface area contributed by atoms with Crippen molar-refractivity contribution in [2.24, 2.45) is 5.84 Å². The third-order valence-corrected chi connectivity index (χ3v) is 1.45. The molecule has 0 aromatic heterocycles. The lowest BCUT2D eigenvalue weighted by Crippen LogP contribution is -2.45. The average Bonchev–Trinajstić information content (AvgIpc) is 2.00. The lowest BCUT2D eigenvalue weighted by Gasteiger charge is -2.22. The number of hydrogen-bond acceptors (Lipinski definition) is 4. The standard InChI is InChI=1S/C6H16N2O2/c1-4-5(8-7)6(9-2)10-3/h5-6,8H,4,7H2,1-3H3. The van der Waals surface area contributed by atoms with Crippen LogP contribution in [-0.2, 0) is 9.47 Å². The molecule has 0 spiro atoms. The van der Waals surface area contributed by atoms with Crippen molar-refractivity contribution in [1.29, 1.82) is 0 Å². The summed E-state index contributed by atoms with van der Waals surface area (Å²) >= 11 is 0. The fourth-order valence-corrected chi connectivity index (χ4v) is 0.814. The van der Waals surface area contributed by atoms with E-state index < -0.39 is 0 Å². The minimum Gasteiger partial charge on any atom is -0.354 e. The van der Waals surface area contributed by atoms with Gasteiger partial charge in [0.05, 0.1) is 6.04 Å². The Morgan fingerprint density at radius 3 is 2.00 bits per heavy atom. The van der Waals surface area contributed by atoms with E-state index in [0.29, 0.717) is 0 Å². The van der Waals surface area contributed by atoms with Crippen LogP contribution in [0.3, 0.4) is 0 Å². The zero-order chi connectivity index (χ0) is 7.98. The van der Waals surface area contributed by atoms with Crippen LogP contribution in [0.1, 0.15) is 13.3 Å². The van der Waals surface area contributed by atoms with Crippen LogP contribution in [0.25, 0.3) is 0 Å². The predicted molar refractivity (Wildman–Crippen MR) is 39.2 cm³/mol. The maximum atomic E-state index is 5.23. The normalized spacial score (nSPS) is 14.1. The molecule has 4 nitrogen and oxygen atoms in total. The lowest BCUT2D eigenvalue weighted by molar-refractivity contribution is -0.123. The Morgan fingerprint density at radius 2 is 1.90 bits per heavy atom. The summed E-state index contributed by atoms with van der Waals surface area (Å²) in [6.45, 7) is 2.01. The van der Waals surface area contributed by atoms with Crippen LogP contribution in [0.2, 0.25) is 0 Å². The second kappa shape index (κ2) is 5.61. The second-order valence-electron chi connectivity index (χ2n) is 2.02. The van der Waals surface area contributed by atoms with E-state index in [1.54, 1.807) is 14.2 Å². The molecule has 0 heterocycles. The summed E-state index contributed by atoms with van der Waals surface area (Å²) < 4.78 is 9.96. The zero-order valence-corrected chi connectivity index (χ0v) is 6.76. The summed E-state index contributed by atoms with van der Waals surface area (Å²) in [5.74, 6) is 5.23. The molecule has 3 N–H and O–H groups in total. The molecule has 0 bridgehead atoms. The molecule has 0 saturated carbocycles. The maximum absolute atomic E-state index is 5.23. The van der Waals surface area contributed by atoms with E-state index in [0.717, 1.165) is 6.42 Å². The predicted octanol–water partition coefficient (Wildman–Crippen LogP) is -0.153. The molecule has 0 aromatic rings. The molecule has 62 valence electrons. The van der Waals surface area contributed by atoms with Crippen LogP contribution in [0.4, 0.5) is 0 Å². The summed E-state index contributed by atoms with van der Waals surface area (Å²) in [5.41, 5.74) is 2.60. The van der Waals surface area contributed by atoms with E-state index >= 15 is 0 Å². The second-order valence-corrected chi connectivity index (χ2v) is 2.02. The first-order chi connectivity index (χ1) is 4.79. The van der Waals surface area contributed by atoms with Gasteiger partial charge in [-0.15, -0.1) is 0 Å². The Balaban J connectivity index is 3.70. The molecule has 0 aliphatic carbocycles. The van der Waals surface area contributed by atoms with Gasteiger partial charge in [0.2, 0.25) is 0 Å². The Kier molecular flexibility index (Phi) is 5.52. The summed E-state index contributed by atoms with van der Waals surface area (Å²) in [4.78, 5) is 0. The molecule has 1 unspecified atom stereocenters. The van der Waals surface area contributed by atoms with Gasteiger partial charge in [0.15, 0.2) is 6.29 Å². The third-order valence-electron chi connectivity index (χ3n) is 1.45. The average molecular weight is 148 g/mol. The van der Waals surface area contributed by atoms with Crippen LogP contribution >= 0.6 is 0 Å². The van der Waals surface area contributed by atoms with Gasteiger partial charge in [-0.05, 0) is 6.42 Å².